The molecule has 0 unspecified atom stereocenters. The van der Waals surface area contributed by atoms with Crippen molar-refractivity contribution in [3.05, 3.63) is 47.2 Å². The van der Waals surface area contributed by atoms with Gasteiger partial charge in [0.25, 0.3) is 5.91 Å². The van der Waals surface area contributed by atoms with E-state index < -0.39 is 0 Å². The van der Waals surface area contributed by atoms with Crippen LogP contribution in [0.5, 0.6) is 5.75 Å². The maximum atomic E-state index is 12.4. The summed E-state index contributed by atoms with van der Waals surface area (Å²) in [5.41, 5.74) is 0.656. The van der Waals surface area contributed by atoms with E-state index >= 15 is 0 Å². The van der Waals surface area contributed by atoms with Crippen molar-refractivity contribution < 1.29 is 9.53 Å². The van der Waals surface area contributed by atoms with Crippen molar-refractivity contribution in [3.63, 3.8) is 0 Å². The Balaban J connectivity index is 1.53. The van der Waals surface area contributed by atoms with Crippen molar-refractivity contribution >= 4 is 17.5 Å². The Kier molecular flexibility index (Phi) is 4.86. The van der Waals surface area contributed by atoms with E-state index in [1.807, 2.05) is 36.1 Å². The zero-order valence-corrected chi connectivity index (χ0v) is 13.9. The van der Waals surface area contributed by atoms with Crippen LogP contribution >= 0.6 is 11.6 Å². The number of carbonyl (C=O) groups is 1. The molecule has 1 aromatic carbocycles. The van der Waals surface area contributed by atoms with E-state index in [4.69, 9.17) is 16.3 Å². The summed E-state index contributed by atoms with van der Waals surface area (Å²) in [6, 6.07) is 7.39. The van der Waals surface area contributed by atoms with E-state index in [2.05, 4.69) is 5.10 Å². The summed E-state index contributed by atoms with van der Waals surface area (Å²) >= 11 is 5.87. The molecule has 1 aromatic heterocycles. The van der Waals surface area contributed by atoms with Crippen molar-refractivity contribution in [1.82, 2.24) is 14.7 Å². The molecule has 0 saturated carbocycles. The molecule has 2 heterocycles. The van der Waals surface area contributed by atoms with Gasteiger partial charge in [0.1, 0.15) is 11.9 Å². The first kappa shape index (κ1) is 15.9. The maximum absolute atomic E-state index is 12.4. The topological polar surface area (TPSA) is 47.4 Å². The van der Waals surface area contributed by atoms with Gasteiger partial charge in [-0.25, -0.2) is 0 Å². The Bertz CT molecular complexity index is 661. The molecule has 3 rings (SSSR count). The number of hydrogen-bond acceptors (Lipinski definition) is 3. The number of aryl methyl sites for hydroxylation is 1. The van der Waals surface area contributed by atoms with E-state index in [0.717, 1.165) is 25.1 Å². The van der Waals surface area contributed by atoms with Crippen molar-refractivity contribution in [3.8, 4) is 5.75 Å². The van der Waals surface area contributed by atoms with E-state index in [1.165, 1.54) is 0 Å². The van der Waals surface area contributed by atoms with Crippen LogP contribution in [-0.4, -0.2) is 39.8 Å². The maximum Gasteiger partial charge on any atom is 0.257 e. The highest BCUT2D eigenvalue weighted by Crippen LogP contribution is 2.21. The van der Waals surface area contributed by atoms with Crippen molar-refractivity contribution in [2.45, 2.75) is 32.4 Å². The Morgan fingerprint density at radius 1 is 1.30 bits per heavy atom. The Labute approximate surface area is 140 Å². The van der Waals surface area contributed by atoms with Crippen LogP contribution in [0.4, 0.5) is 0 Å². The smallest absolute Gasteiger partial charge is 0.257 e. The van der Waals surface area contributed by atoms with Gasteiger partial charge < -0.3 is 9.64 Å². The van der Waals surface area contributed by atoms with Crippen LogP contribution in [0, 0.1) is 0 Å². The van der Waals surface area contributed by atoms with Crippen LogP contribution in [-0.2, 0) is 6.54 Å². The van der Waals surface area contributed by atoms with Crippen molar-refractivity contribution in [2.75, 3.05) is 13.1 Å². The minimum Gasteiger partial charge on any atom is -0.490 e. The van der Waals surface area contributed by atoms with Crippen LogP contribution < -0.4 is 4.74 Å². The van der Waals surface area contributed by atoms with Crippen LogP contribution in [0.3, 0.4) is 0 Å². The standard InChI is InChI=1S/C17H20ClN3O2/c1-2-21-12-13(11-19-21)17(22)20-9-7-16(8-10-20)23-15-5-3-14(18)4-6-15/h3-6,11-12,16H,2,7-10H2,1H3. The number of nitrogens with zero attached hydrogens (tertiary/aromatic N) is 3. The first-order valence-corrected chi connectivity index (χ1v) is 8.27. The fourth-order valence-electron chi connectivity index (χ4n) is 2.71. The number of carbonyl (C=O) groups excluding carboxylic acids is 1. The number of benzene rings is 1. The molecule has 1 saturated heterocycles. The Morgan fingerprint density at radius 3 is 2.61 bits per heavy atom. The zero-order valence-electron chi connectivity index (χ0n) is 13.1. The molecule has 1 aliphatic heterocycles. The largest absolute Gasteiger partial charge is 0.490 e. The first-order chi connectivity index (χ1) is 11.2. The van der Waals surface area contributed by atoms with Crippen LogP contribution in [0.1, 0.15) is 30.1 Å². The molecule has 2 aromatic rings. The molecule has 6 heteroatoms. The minimum absolute atomic E-state index is 0.0506. The summed E-state index contributed by atoms with van der Waals surface area (Å²) in [6.07, 6.45) is 5.24. The summed E-state index contributed by atoms with van der Waals surface area (Å²) in [6.45, 7) is 4.17. The van der Waals surface area contributed by atoms with Gasteiger partial charge in [0.15, 0.2) is 0 Å². The normalized spacial score (nSPS) is 15.7. The SMILES string of the molecule is CCn1cc(C(=O)N2CCC(Oc3ccc(Cl)cc3)CC2)cn1. The number of aromatic nitrogens is 2. The average Bonchev–Trinajstić information content (AvgIpc) is 3.06. The highest BCUT2D eigenvalue weighted by molar-refractivity contribution is 6.30. The second-order valence-corrected chi connectivity index (χ2v) is 6.08. The molecule has 1 aliphatic rings. The number of amides is 1. The number of halogens is 1. The summed E-state index contributed by atoms with van der Waals surface area (Å²) < 4.78 is 7.72. The summed E-state index contributed by atoms with van der Waals surface area (Å²) in [4.78, 5) is 14.3. The monoisotopic (exact) mass is 333 g/mol. The van der Waals surface area contributed by atoms with Gasteiger partial charge in [0, 0.05) is 43.7 Å². The lowest BCUT2D eigenvalue weighted by atomic mass is 10.1. The van der Waals surface area contributed by atoms with Gasteiger partial charge in [-0.1, -0.05) is 11.6 Å². The van der Waals surface area contributed by atoms with Gasteiger partial charge in [0.2, 0.25) is 0 Å². The summed E-state index contributed by atoms with van der Waals surface area (Å²) in [5, 5.41) is 4.86. The fraction of sp³-hybridized carbons (Fsp3) is 0.412. The average molecular weight is 334 g/mol. The van der Waals surface area contributed by atoms with Crippen molar-refractivity contribution in [2.24, 2.45) is 0 Å². The second kappa shape index (κ2) is 7.04. The molecule has 0 N–H and O–H groups in total. The van der Waals surface area contributed by atoms with E-state index in [-0.39, 0.29) is 12.0 Å². The Morgan fingerprint density at radius 2 is 2.00 bits per heavy atom. The lowest BCUT2D eigenvalue weighted by Crippen LogP contribution is -2.41. The van der Waals surface area contributed by atoms with E-state index in [1.54, 1.807) is 17.1 Å². The molecule has 0 spiro atoms. The quantitative estimate of drug-likeness (QED) is 0.863. The molecule has 1 fully saturated rings. The molecule has 0 atom stereocenters. The summed E-state index contributed by atoms with van der Waals surface area (Å²) in [7, 11) is 0. The molecular formula is C17H20ClN3O2. The second-order valence-electron chi connectivity index (χ2n) is 5.65. The highest BCUT2D eigenvalue weighted by Gasteiger charge is 2.25. The van der Waals surface area contributed by atoms with E-state index in [9.17, 15) is 4.79 Å². The molecule has 122 valence electrons. The van der Waals surface area contributed by atoms with Gasteiger partial charge >= 0.3 is 0 Å². The van der Waals surface area contributed by atoms with Crippen LogP contribution in [0.25, 0.3) is 0 Å². The lowest BCUT2D eigenvalue weighted by molar-refractivity contribution is 0.0595. The number of likely N-dealkylation sites (tertiary alicyclic amines) is 1. The molecule has 5 nitrogen and oxygen atoms in total. The summed E-state index contributed by atoms with van der Waals surface area (Å²) in [5.74, 6) is 0.873. The van der Waals surface area contributed by atoms with E-state index in [0.29, 0.717) is 23.7 Å². The number of ether oxygens (including phenoxy) is 1. The number of piperidine rings is 1. The molecule has 0 radical (unpaired) electrons. The zero-order chi connectivity index (χ0) is 16.2. The van der Waals surface area contributed by atoms with Crippen LogP contribution in [0.2, 0.25) is 5.02 Å². The van der Waals surface area contributed by atoms with Crippen LogP contribution in [0.15, 0.2) is 36.7 Å². The van der Waals surface area contributed by atoms with Gasteiger partial charge in [-0.2, -0.15) is 5.10 Å². The highest BCUT2D eigenvalue weighted by atomic mass is 35.5. The van der Waals surface area contributed by atoms with Gasteiger partial charge in [-0.3, -0.25) is 9.48 Å². The predicted octanol–water partition coefficient (Wildman–Crippen LogP) is 3.24. The number of rotatable bonds is 4. The van der Waals surface area contributed by atoms with Gasteiger partial charge in [-0.15, -0.1) is 0 Å². The molecule has 1 amide bonds. The Hall–Kier alpha value is -2.01. The molecule has 23 heavy (non-hydrogen) atoms. The minimum atomic E-state index is 0.0506. The first-order valence-electron chi connectivity index (χ1n) is 7.89. The number of hydrogen-bond donors (Lipinski definition) is 0. The van der Waals surface area contributed by atoms with Gasteiger partial charge in [-0.05, 0) is 31.2 Å². The third-order valence-electron chi connectivity index (χ3n) is 4.05. The molecular weight excluding hydrogens is 314 g/mol. The third kappa shape index (κ3) is 3.85. The van der Waals surface area contributed by atoms with Crippen molar-refractivity contribution in [1.29, 1.82) is 0 Å². The fourth-order valence-corrected chi connectivity index (χ4v) is 2.84. The predicted molar refractivity (Wildman–Crippen MR) is 88.9 cm³/mol. The lowest BCUT2D eigenvalue weighted by Gasteiger charge is -2.32. The third-order valence-corrected chi connectivity index (χ3v) is 4.30. The molecule has 0 aliphatic carbocycles. The molecule has 0 bridgehead atoms. The van der Waals surface area contributed by atoms with Gasteiger partial charge in [0.05, 0.1) is 11.8 Å².